The lowest BCUT2D eigenvalue weighted by Crippen LogP contribution is -2.23. The van der Waals surface area contributed by atoms with E-state index in [1.165, 1.54) is 11.3 Å². The minimum atomic E-state index is 0.193. The van der Waals surface area contributed by atoms with E-state index in [0.717, 1.165) is 35.2 Å². The molecule has 2 aromatic rings. The van der Waals surface area contributed by atoms with E-state index in [1.54, 1.807) is 0 Å². The van der Waals surface area contributed by atoms with Crippen LogP contribution in [0.15, 0.2) is 22.8 Å². The molecule has 2 heterocycles. The molecule has 0 fully saturated rings. The summed E-state index contributed by atoms with van der Waals surface area (Å²) in [5.74, 6) is 0. The molecule has 0 aliphatic carbocycles. The number of hydrogen-bond donors (Lipinski definition) is 1. The van der Waals surface area contributed by atoms with Gasteiger partial charge < -0.3 is 5.32 Å². The second-order valence-corrected chi connectivity index (χ2v) is 5.90. The molecule has 1 atom stereocenters. The molecule has 2 rings (SSSR count). The number of aryl methyl sites for hydroxylation is 3. The first-order valence-corrected chi connectivity index (χ1v) is 8.24. The van der Waals surface area contributed by atoms with Gasteiger partial charge in [0.1, 0.15) is 0 Å². The Morgan fingerprint density at radius 3 is 2.76 bits per heavy atom. The van der Waals surface area contributed by atoms with Gasteiger partial charge in [-0.15, -0.1) is 0 Å². The van der Waals surface area contributed by atoms with E-state index in [0.29, 0.717) is 0 Å². The fourth-order valence-corrected chi connectivity index (χ4v) is 3.10. The first kappa shape index (κ1) is 16.2. The number of likely N-dealkylation sites (N-methyl/N-ethyl adjacent to an activating group) is 1. The number of nitrogens with zero attached hydrogens (tertiary/aromatic N) is 3. The molecule has 0 spiro atoms. The number of hydrogen-bond acceptors (Lipinski definition) is 3. The second-order valence-electron chi connectivity index (χ2n) is 5.11. The zero-order chi connectivity index (χ0) is 15.4. The first-order valence-electron chi connectivity index (χ1n) is 7.45. The molecule has 0 radical (unpaired) electrons. The topological polar surface area (TPSA) is 42.7 Å². The molecule has 1 unspecified atom stereocenters. The highest BCUT2D eigenvalue weighted by atomic mass is 79.9. The second kappa shape index (κ2) is 7.18. The van der Waals surface area contributed by atoms with Gasteiger partial charge in [0, 0.05) is 19.2 Å². The maximum atomic E-state index is 4.60. The Morgan fingerprint density at radius 1 is 1.38 bits per heavy atom. The quantitative estimate of drug-likeness (QED) is 0.867. The Hall–Kier alpha value is -1.20. The summed E-state index contributed by atoms with van der Waals surface area (Å²) in [6.07, 6.45) is 3.74. The Kier molecular flexibility index (Phi) is 5.53. The minimum Gasteiger partial charge on any atom is -0.311 e. The molecule has 0 amide bonds. The number of pyridine rings is 1. The van der Waals surface area contributed by atoms with Crippen LogP contribution in [-0.4, -0.2) is 21.8 Å². The van der Waals surface area contributed by atoms with Gasteiger partial charge >= 0.3 is 0 Å². The van der Waals surface area contributed by atoms with E-state index >= 15 is 0 Å². The van der Waals surface area contributed by atoms with Crippen molar-refractivity contribution < 1.29 is 0 Å². The largest absolute Gasteiger partial charge is 0.311 e. The van der Waals surface area contributed by atoms with E-state index in [4.69, 9.17) is 0 Å². The zero-order valence-electron chi connectivity index (χ0n) is 13.2. The van der Waals surface area contributed by atoms with Crippen LogP contribution in [0, 0.1) is 6.92 Å². The Morgan fingerprint density at radius 2 is 2.14 bits per heavy atom. The molecule has 0 aromatic carbocycles. The first-order chi connectivity index (χ1) is 10.1. The van der Waals surface area contributed by atoms with E-state index in [2.05, 4.69) is 55.9 Å². The van der Waals surface area contributed by atoms with E-state index in [-0.39, 0.29) is 6.04 Å². The van der Waals surface area contributed by atoms with Gasteiger partial charge in [0.2, 0.25) is 0 Å². The lowest BCUT2D eigenvalue weighted by atomic mass is 10.0. The normalized spacial score (nSPS) is 12.6. The lowest BCUT2D eigenvalue weighted by molar-refractivity contribution is 0.527. The molecule has 4 nitrogen and oxygen atoms in total. The van der Waals surface area contributed by atoms with Crippen molar-refractivity contribution in [2.24, 2.45) is 0 Å². The van der Waals surface area contributed by atoms with Gasteiger partial charge in [-0.05, 0) is 54.9 Å². The third kappa shape index (κ3) is 3.35. The summed E-state index contributed by atoms with van der Waals surface area (Å²) in [6, 6.07) is 4.36. The Labute approximate surface area is 135 Å². The average molecular weight is 351 g/mol. The highest BCUT2D eigenvalue weighted by molar-refractivity contribution is 9.10. The maximum Gasteiger partial charge on any atom is 0.0738 e. The van der Waals surface area contributed by atoms with E-state index in [9.17, 15) is 0 Å². The lowest BCUT2D eigenvalue weighted by Gasteiger charge is -2.19. The van der Waals surface area contributed by atoms with Crippen molar-refractivity contribution in [1.82, 2.24) is 20.1 Å². The van der Waals surface area contributed by atoms with Crippen LogP contribution in [0.4, 0.5) is 0 Å². The van der Waals surface area contributed by atoms with Crippen LogP contribution >= 0.6 is 15.9 Å². The zero-order valence-corrected chi connectivity index (χ0v) is 14.7. The predicted octanol–water partition coefficient (Wildman–Crippen LogP) is 3.43. The Bertz CT molecular complexity index is 606. The van der Waals surface area contributed by atoms with Gasteiger partial charge in [-0.3, -0.25) is 9.67 Å². The monoisotopic (exact) mass is 350 g/mol. The van der Waals surface area contributed by atoms with Crippen molar-refractivity contribution >= 4 is 15.9 Å². The predicted molar refractivity (Wildman–Crippen MR) is 89.5 cm³/mol. The summed E-state index contributed by atoms with van der Waals surface area (Å²) in [6.45, 7) is 7.20. The van der Waals surface area contributed by atoms with Crippen LogP contribution in [0.1, 0.15) is 42.5 Å². The van der Waals surface area contributed by atoms with E-state index in [1.807, 2.05) is 26.2 Å². The van der Waals surface area contributed by atoms with Gasteiger partial charge in [0.15, 0.2) is 0 Å². The molecule has 2 aromatic heterocycles. The van der Waals surface area contributed by atoms with Crippen LogP contribution in [0.3, 0.4) is 0 Å². The standard InChI is InChI=1S/C16H23BrN4/c1-5-12-8-7-9-19-16(12)13(18-4)10-14-15(17)11(3)20-21(14)6-2/h7-9,13,18H,5-6,10H2,1-4H3. The smallest absolute Gasteiger partial charge is 0.0738 e. The van der Waals surface area contributed by atoms with Gasteiger partial charge in [0.05, 0.1) is 27.6 Å². The maximum absolute atomic E-state index is 4.60. The summed E-state index contributed by atoms with van der Waals surface area (Å²) >= 11 is 3.68. The number of halogens is 1. The molecule has 0 bridgehead atoms. The van der Waals surface area contributed by atoms with Crippen molar-refractivity contribution in [3.05, 3.63) is 45.4 Å². The van der Waals surface area contributed by atoms with E-state index < -0.39 is 0 Å². The summed E-state index contributed by atoms with van der Waals surface area (Å²) in [5.41, 5.74) is 4.70. The number of rotatable bonds is 6. The molecule has 5 heteroatoms. The van der Waals surface area contributed by atoms with Crippen LogP contribution < -0.4 is 5.32 Å². The summed E-state index contributed by atoms with van der Waals surface area (Å²) in [7, 11) is 1.99. The molecule has 1 N–H and O–H groups in total. The molecule has 114 valence electrons. The van der Waals surface area contributed by atoms with Crippen molar-refractivity contribution in [2.75, 3.05) is 7.05 Å². The molecule has 0 saturated heterocycles. The highest BCUT2D eigenvalue weighted by Crippen LogP contribution is 2.27. The summed E-state index contributed by atoms with van der Waals surface area (Å²) < 4.78 is 3.18. The van der Waals surface area contributed by atoms with Gasteiger partial charge in [-0.2, -0.15) is 5.10 Å². The van der Waals surface area contributed by atoms with Crippen molar-refractivity contribution in [3.63, 3.8) is 0 Å². The molecular formula is C16H23BrN4. The molecule has 21 heavy (non-hydrogen) atoms. The number of nitrogens with one attached hydrogen (secondary N) is 1. The van der Waals surface area contributed by atoms with Gasteiger partial charge in [-0.1, -0.05) is 13.0 Å². The SMILES string of the molecule is CCc1cccnc1C(Cc1c(Br)c(C)nn1CC)NC. The van der Waals surface area contributed by atoms with Crippen LogP contribution in [0.2, 0.25) is 0 Å². The third-order valence-electron chi connectivity index (χ3n) is 3.84. The van der Waals surface area contributed by atoms with Crippen LogP contribution in [0.5, 0.6) is 0 Å². The summed E-state index contributed by atoms with van der Waals surface area (Å²) in [4.78, 5) is 4.60. The Balaban J connectivity index is 2.36. The minimum absolute atomic E-state index is 0.193. The fraction of sp³-hybridized carbons (Fsp3) is 0.500. The third-order valence-corrected chi connectivity index (χ3v) is 4.87. The molecule has 0 aliphatic rings. The van der Waals surface area contributed by atoms with Crippen LogP contribution in [0.25, 0.3) is 0 Å². The fourth-order valence-electron chi connectivity index (χ4n) is 2.66. The van der Waals surface area contributed by atoms with Gasteiger partial charge in [0.25, 0.3) is 0 Å². The molecule has 0 saturated carbocycles. The van der Waals surface area contributed by atoms with Crippen LogP contribution in [-0.2, 0) is 19.4 Å². The highest BCUT2D eigenvalue weighted by Gasteiger charge is 2.20. The molecular weight excluding hydrogens is 328 g/mol. The van der Waals surface area contributed by atoms with Crippen molar-refractivity contribution in [3.8, 4) is 0 Å². The van der Waals surface area contributed by atoms with Crippen molar-refractivity contribution in [1.29, 1.82) is 0 Å². The number of aromatic nitrogens is 3. The van der Waals surface area contributed by atoms with Crippen molar-refractivity contribution in [2.45, 2.75) is 46.2 Å². The average Bonchev–Trinajstić information content (AvgIpc) is 2.79. The van der Waals surface area contributed by atoms with Gasteiger partial charge in [-0.25, -0.2) is 0 Å². The summed E-state index contributed by atoms with van der Waals surface area (Å²) in [5, 5.41) is 7.98. The molecule has 0 aliphatic heterocycles.